The Morgan fingerprint density at radius 1 is 1.12 bits per heavy atom. The van der Waals surface area contributed by atoms with Gasteiger partial charge in [0.15, 0.2) is 12.2 Å². The number of piperidine rings is 1. The zero-order valence-electron chi connectivity index (χ0n) is 14.0. The largest absolute Gasteiger partial charge is 0.443 e. The first-order valence-electron chi connectivity index (χ1n) is 8.78. The Morgan fingerprint density at radius 2 is 1.79 bits per heavy atom. The Morgan fingerprint density at radius 3 is 2.38 bits per heavy atom. The molecule has 0 radical (unpaired) electrons. The molecule has 1 aliphatic heterocycles. The van der Waals surface area contributed by atoms with E-state index in [2.05, 4.69) is 15.2 Å². The zero-order chi connectivity index (χ0) is 16.5. The summed E-state index contributed by atoms with van der Waals surface area (Å²) in [5.41, 5.74) is 2.59. The summed E-state index contributed by atoms with van der Waals surface area (Å²) in [6.07, 6.45) is 5.85. The molecule has 126 valence electrons. The van der Waals surface area contributed by atoms with Crippen LogP contribution in [0.1, 0.15) is 41.7 Å². The molecule has 2 aromatic rings. The fourth-order valence-corrected chi connectivity index (χ4v) is 3.56. The normalized spacial score (nSPS) is 18.5. The maximum Gasteiger partial charge on any atom is 0.254 e. The van der Waals surface area contributed by atoms with Crippen molar-refractivity contribution in [2.24, 2.45) is 0 Å². The summed E-state index contributed by atoms with van der Waals surface area (Å²) in [6, 6.07) is 8.55. The lowest BCUT2D eigenvalue weighted by atomic mass is 10.0. The number of carbonyl (C=O) groups excluding carboxylic acids is 1. The van der Waals surface area contributed by atoms with Gasteiger partial charge in [-0.25, -0.2) is 4.98 Å². The molecule has 1 aliphatic carbocycles. The van der Waals surface area contributed by atoms with Crippen molar-refractivity contribution in [1.82, 2.24) is 15.2 Å². The molecule has 1 N–H and O–H groups in total. The summed E-state index contributed by atoms with van der Waals surface area (Å²) in [5.74, 6) is 0.941. The van der Waals surface area contributed by atoms with Gasteiger partial charge in [0.05, 0.1) is 5.69 Å². The van der Waals surface area contributed by atoms with Gasteiger partial charge in [0.1, 0.15) is 0 Å². The van der Waals surface area contributed by atoms with Crippen LogP contribution < -0.4 is 5.32 Å². The molecule has 1 saturated carbocycles. The summed E-state index contributed by atoms with van der Waals surface area (Å²) in [5, 5.41) is 3.38. The highest BCUT2D eigenvalue weighted by molar-refractivity contribution is 5.95. The fourth-order valence-electron chi connectivity index (χ4n) is 3.56. The summed E-state index contributed by atoms with van der Waals surface area (Å²) in [6.45, 7) is 3.93. The van der Waals surface area contributed by atoms with E-state index in [1.807, 2.05) is 31.2 Å². The molecule has 1 aromatic carbocycles. The quantitative estimate of drug-likeness (QED) is 0.939. The number of amides is 1. The predicted molar refractivity (Wildman–Crippen MR) is 91.8 cm³/mol. The third kappa shape index (κ3) is 2.96. The predicted octanol–water partition coefficient (Wildman–Crippen LogP) is 3.01. The molecule has 0 spiro atoms. The van der Waals surface area contributed by atoms with Crippen molar-refractivity contribution >= 4 is 5.91 Å². The number of carbonyl (C=O) groups is 1. The second-order valence-corrected chi connectivity index (χ2v) is 6.77. The van der Waals surface area contributed by atoms with E-state index in [1.165, 1.54) is 6.39 Å². The second-order valence-electron chi connectivity index (χ2n) is 6.77. The van der Waals surface area contributed by atoms with Crippen molar-refractivity contribution < 1.29 is 9.21 Å². The van der Waals surface area contributed by atoms with Gasteiger partial charge in [0, 0.05) is 23.2 Å². The zero-order valence-corrected chi connectivity index (χ0v) is 14.0. The Bertz CT molecular complexity index is 712. The highest BCUT2D eigenvalue weighted by Gasteiger charge is 2.38. The van der Waals surface area contributed by atoms with Crippen LogP contribution in [0.2, 0.25) is 0 Å². The Labute approximate surface area is 142 Å². The average molecular weight is 325 g/mol. The van der Waals surface area contributed by atoms with E-state index in [0.717, 1.165) is 61.4 Å². The monoisotopic (exact) mass is 325 g/mol. The van der Waals surface area contributed by atoms with Crippen molar-refractivity contribution in [3.63, 3.8) is 0 Å². The van der Waals surface area contributed by atoms with E-state index < -0.39 is 0 Å². The van der Waals surface area contributed by atoms with Crippen LogP contribution in [-0.4, -0.2) is 41.0 Å². The highest BCUT2D eigenvalue weighted by Crippen LogP contribution is 2.33. The first-order valence-corrected chi connectivity index (χ1v) is 8.78. The minimum Gasteiger partial charge on any atom is -0.443 e. The lowest BCUT2D eigenvalue weighted by Gasteiger charge is -2.35. The number of hydrogen-bond donors (Lipinski definition) is 1. The number of benzene rings is 1. The van der Waals surface area contributed by atoms with Gasteiger partial charge in [0.25, 0.3) is 5.91 Å². The summed E-state index contributed by atoms with van der Waals surface area (Å²) >= 11 is 0. The number of rotatable bonds is 4. The summed E-state index contributed by atoms with van der Waals surface area (Å²) < 4.78 is 5.43. The standard InChI is InChI=1S/C19H23N3O2/c1-13-18(24-12-21-13)14-2-4-15(5-3-14)19(23)22(16-6-7-16)17-8-10-20-11-9-17/h2-5,12,16-17,20H,6-11H2,1H3. The molecule has 0 atom stereocenters. The molecule has 4 rings (SSSR count). The van der Waals surface area contributed by atoms with E-state index >= 15 is 0 Å². The van der Waals surface area contributed by atoms with E-state index in [-0.39, 0.29) is 5.91 Å². The van der Waals surface area contributed by atoms with Crippen LogP contribution in [0.15, 0.2) is 35.1 Å². The molecule has 1 amide bonds. The number of nitrogens with one attached hydrogen (secondary N) is 1. The molecule has 5 nitrogen and oxygen atoms in total. The van der Waals surface area contributed by atoms with Crippen molar-refractivity contribution in [3.05, 3.63) is 41.9 Å². The number of aromatic nitrogens is 1. The van der Waals surface area contributed by atoms with Gasteiger partial charge in [-0.15, -0.1) is 0 Å². The minimum absolute atomic E-state index is 0.172. The van der Waals surface area contributed by atoms with E-state index in [4.69, 9.17) is 4.42 Å². The summed E-state index contributed by atoms with van der Waals surface area (Å²) in [7, 11) is 0. The third-order valence-electron chi connectivity index (χ3n) is 5.02. The van der Waals surface area contributed by atoms with Crippen LogP contribution in [0.5, 0.6) is 0 Å². The van der Waals surface area contributed by atoms with Gasteiger partial charge >= 0.3 is 0 Å². The van der Waals surface area contributed by atoms with Crippen LogP contribution in [-0.2, 0) is 0 Å². The van der Waals surface area contributed by atoms with Gasteiger partial charge in [-0.05, 0) is 57.8 Å². The molecular formula is C19H23N3O2. The topological polar surface area (TPSA) is 58.4 Å². The SMILES string of the molecule is Cc1ncoc1-c1ccc(C(=O)N(C2CCNCC2)C2CC2)cc1. The number of oxazole rings is 1. The number of nitrogens with zero attached hydrogens (tertiary/aromatic N) is 2. The molecule has 0 bridgehead atoms. The van der Waals surface area contributed by atoms with Crippen LogP contribution in [0.25, 0.3) is 11.3 Å². The lowest BCUT2D eigenvalue weighted by molar-refractivity contribution is 0.0623. The van der Waals surface area contributed by atoms with Gasteiger partial charge in [-0.1, -0.05) is 12.1 Å². The Balaban J connectivity index is 1.55. The van der Waals surface area contributed by atoms with E-state index in [9.17, 15) is 4.79 Å². The smallest absolute Gasteiger partial charge is 0.254 e. The lowest BCUT2D eigenvalue weighted by Crippen LogP contribution is -2.47. The van der Waals surface area contributed by atoms with Crippen molar-refractivity contribution in [1.29, 1.82) is 0 Å². The fraction of sp³-hybridized carbons (Fsp3) is 0.474. The van der Waals surface area contributed by atoms with Crippen LogP contribution in [0.3, 0.4) is 0 Å². The van der Waals surface area contributed by atoms with E-state index in [0.29, 0.717) is 12.1 Å². The molecule has 1 aromatic heterocycles. The minimum atomic E-state index is 0.172. The number of aryl methyl sites for hydroxylation is 1. The Hall–Kier alpha value is -2.14. The summed E-state index contributed by atoms with van der Waals surface area (Å²) in [4.78, 5) is 19.3. The van der Waals surface area contributed by atoms with Gasteiger partial charge in [0.2, 0.25) is 0 Å². The van der Waals surface area contributed by atoms with Gasteiger partial charge in [-0.3, -0.25) is 4.79 Å². The van der Waals surface area contributed by atoms with E-state index in [1.54, 1.807) is 0 Å². The molecule has 2 fully saturated rings. The van der Waals surface area contributed by atoms with Gasteiger partial charge < -0.3 is 14.6 Å². The van der Waals surface area contributed by atoms with Gasteiger partial charge in [-0.2, -0.15) is 0 Å². The molecule has 2 heterocycles. The van der Waals surface area contributed by atoms with Crippen molar-refractivity contribution in [2.75, 3.05) is 13.1 Å². The molecule has 24 heavy (non-hydrogen) atoms. The third-order valence-corrected chi connectivity index (χ3v) is 5.02. The van der Waals surface area contributed by atoms with Crippen molar-refractivity contribution in [2.45, 2.75) is 44.7 Å². The number of hydrogen-bond acceptors (Lipinski definition) is 4. The first-order chi connectivity index (χ1) is 11.7. The molecular weight excluding hydrogens is 302 g/mol. The van der Waals surface area contributed by atoms with Crippen LogP contribution >= 0.6 is 0 Å². The second kappa shape index (κ2) is 6.40. The first kappa shape index (κ1) is 15.4. The Kier molecular flexibility index (Phi) is 4.10. The highest BCUT2D eigenvalue weighted by atomic mass is 16.3. The maximum atomic E-state index is 13.1. The average Bonchev–Trinajstić information content (AvgIpc) is 3.36. The molecule has 1 saturated heterocycles. The van der Waals surface area contributed by atoms with Crippen LogP contribution in [0, 0.1) is 6.92 Å². The molecule has 0 unspecified atom stereocenters. The molecule has 5 heteroatoms. The maximum absolute atomic E-state index is 13.1. The van der Waals surface area contributed by atoms with Crippen molar-refractivity contribution in [3.8, 4) is 11.3 Å². The molecule has 2 aliphatic rings. The van der Waals surface area contributed by atoms with Crippen LogP contribution in [0.4, 0.5) is 0 Å².